The molecule has 2 amide bonds. The number of rotatable bonds is 2. The molecule has 0 unspecified atom stereocenters. The van der Waals surface area contributed by atoms with Crippen LogP contribution in [0.4, 0.5) is 10.6 Å². The van der Waals surface area contributed by atoms with Gasteiger partial charge in [0.25, 0.3) is 0 Å². The minimum atomic E-state index is -0.00580. The number of carbonyl (C=O) groups is 1. The van der Waals surface area contributed by atoms with E-state index in [0.717, 1.165) is 44.7 Å². The van der Waals surface area contributed by atoms with Crippen molar-refractivity contribution < 1.29 is 9.53 Å². The van der Waals surface area contributed by atoms with Crippen molar-refractivity contribution in [2.24, 2.45) is 11.3 Å². The molecule has 1 aromatic rings. The molecule has 0 bridgehead atoms. The number of fused-ring (bicyclic) bond motifs is 2. The zero-order chi connectivity index (χ0) is 16.9. The molecular weight excluding hydrogens is 316 g/mol. The van der Waals surface area contributed by atoms with Gasteiger partial charge < -0.3 is 9.64 Å². The van der Waals surface area contributed by atoms with Crippen LogP contribution in [0.25, 0.3) is 0 Å². The SMILES string of the molecule is O=C(Nc1ccc(C2CC2)nn1)N1CC2(CCOCC2)[C@@H]2CCC[C@@H]21. The molecule has 1 aromatic heterocycles. The summed E-state index contributed by atoms with van der Waals surface area (Å²) in [6.07, 6.45) is 8.22. The minimum absolute atomic E-state index is 0.00580. The van der Waals surface area contributed by atoms with Gasteiger partial charge in [-0.2, -0.15) is 5.10 Å². The van der Waals surface area contributed by atoms with Gasteiger partial charge in [0.05, 0.1) is 5.69 Å². The Morgan fingerprint density at radius 1 is 1.16 bits per heavy atom. The number of aromatic nitrogens is 2. The molecule has 6 heteroatoms. The molecule has 2 aliphatic heterocycles. The Morgan fingerprint density at radius 3 is 2.72 bits per heavy atom. The third-order valence-electron chi connectivity index (χ3n) is 6.82. The molecule has 2 aliphatic carbocycles. The monoisotopic (exact) mass is 342 g/mol. The summed E-state index contributed by atoms with van der Waals surface area (Å²) in [7, 11) is 0. The summed E-state index contributed by atoms with van der Waals surface area (Å²) in [6.45, 7) is 2.55. The number of urea groups is 1. The zero-order valence-corrected chi connectivity index (χ0v) is 14.6. The molecule has 0 radical (unpaired) electrons. The third-order valence-corrected chi connectivity index (χ3v) is 6.82. The lowest BCUT2D eigenvalue weighted by Crippen LogP contribution is -2.40. The number of likely N-dealkylation sites (tertiary alicyclic amines) is 1. The number of anilines is 1. The molecule has 1 N–H and O–H groups in total. The highest BCUT2D eigenvalue weighted by Crippen LogP contribution is 2.53. The molecule has 134 valence electrons. The summed E-state index contributed by atoms with van der Waals surface area (Å²) < 4.78 is 5.59. The fraction of sp³-hybridized carbons (Fsp3) is 0.737. The molecule has 4 fully saturated rings. The van der Waals surface area contributed by atoms with Gasteiger partial charge in [0.15, 0.2) is 5.82 Å². The van der Waals surface area contributed by atoms with Crippen LogP contribution in [0.5, 0.6) is 0 Å². The molecule has 4 aliphatic rings. The number of carbonyl (C=O) groups excluding carboxylic acids is 1. The lowest BCUT2D eigenvalue weighted by atomic mass is 9.71. The average molecular weight is 342 g/mol. The highest BCUT2D eigenvalue weighted by atomic mass is 16.5. The van der Waals surface area contributed by atoms with Gasteiger partial charge in [-0.05, 0) is 62.0 Å². The van der Waals surface area contributed by atoms with Gasteiger partial charge in [-0.3, -0.25) is 5.32 Å². The van der Waals surface area contributed by atoms with E-state index in [-0.39, 0.29) is 11.4 Å². The highest BCUT2D eigenvalue weighted by Gasteiger charge is 2.55. The van der Waals surface area contributed by atoms with E-state index in [2.05, 4.69) is 20.4 Å². The summed E-state index contributed by atoms with van der Waals surface area (Å²) in [4.78, 5) is 15.0. The van der Waals surface area contributed by atoms with E-state index in [0.29, 0.717) is 23.7 Å². The van der Waals surface area contributed by atoms with Crippen molar-refractivity contribution in [1.82, 2.24) is 15.1 Å². The van der Waals surface area contributed by atoms with Crippen LogP contribution in [0.1, 0.15) is 56.6 Å². The number of ether oxygens (including phenoxy) is 1. The molecule has 6 nitrogen and oxygen atoms in total. The van der Waals surface area contributed by atoms with E-state index < -0.39 is 0 Å². The Labute approximate surface area is 148 Å². The normalized spacial score (nSPS) is 30.5. The largest absolute Gasteiger partial charge is 0.381 e. The fourth-order valence-electron chi connectivity index (χ4n) is 5.32. The molecule has 1 spiro atoms. The first-order chi connectivity index (χ1) is 12.3. The number of hydrogen-bond donors (Lipinski definition) is 1. The van der Waals surface area contributed by atoms with Crippen molar-refractivity contribution in [2.45, 2.75) is 56.9 Å². The number of nitrogens with zero attached hydrogens (tertiary/aromatic N) is 3. The van der Waals surface area contributed by atoms with Gasteiger partial charge in [-0.1, -0.05) is 6.42 Å². The summed E-state index contributed by atoms with van der Waals surface area (Å²) >= 11 is 0. The van der Waals surface area contributed by atoms with E-state index in [1.54, 1.807) is 0 Å². The van der Waals surface area contributed by atoms with Crippen LogP contribution < -0.4 is 5.32 Å². The second kappa shape index (κ2) is 5.94. The topological polar surface area (TPSA) is 67.4 Å². The molecule has 3 heterocycles. The fourth-order valence-corrected chi connectivity index (χ4v) is 5.32. The summed E-state index contributed by atoms with van der Waals surface area (Å²) in [6, 6.07) is 4.28. The Morgan fingerprint density at radius 2 is 2.00 bits per heavy atom. The molecule has 25 heavy (non-hydrogen) atoms. The molecular formula is C19H26N4O2. The maximum absolute atomic E-state index is 12.9. The van der Waals surface area contributed by atoms with Crippen molar-refractivity contribution in [3.05, 3.63) is 17.8 Å². The summed E-state index contributed by atoms with van der Waals surface area (Å²) in [5.41, 5.74) is 1.33. The second-order valence-corrected chi connectivity index (χ2v) is 8.26. The lowest BCUT2D eigenvalue weighted by molar-refractivity contribution is -0.000304. The van der Waals surface area contributed by atoms with Gasteiger partial charge in [-0.15, -0.1) is 5.10 Å². The number of amides is 2. The van der Waals surface area contributed by atoms with Crippen molar-refractivity contribution in [2.75, 3.05) is 25.1 Å². The van der Waals surface area contributed by atoms with E-state index in [9.17, 15) is 4.79 Å². The van der Waals surface area contributed by atoms with Crippen molar-refractivity contribution in [3.8, 4) is 0 Å². The summed E-state index contributed by atoms with van der Waals surface area (Å²) in [5, 5.41) is 11.5. The third kappa shape index (κ3) is 2.71. The Balaban J connectivity index is 1.31. The Bertz CT molecular complexity index is 652. The van der Waals surface area contributed by atoms with Gasteiger partial charge in [0.2, 0.25) is 0 Å². The van der Waals surface area contributed by atoms with Crippen LogP contribution in [0.2, 0.25) is 0 Å². The van der Waals surface area contributed by atoms with Crippen LogP contribution in [0.3, 0.4) is 0 Å². The van der Waals surface area contributed by atoms with Crippen LogP contribution in [-0.4, -0.2) is 46.9 Å². The van der Waals surface area contributed by atoms with Gasteiger partial charge >= 0.3 is 6.03 Å². The van der Waals surface area contributed by atoms with Crippen LogP contribution in [0.15, 0.2) is 12.1 Å². The van der Waals surface area contributed by atoms with E-state index in [1.807, 2.05) is 12.1 Å². The zero-order valence-electron chi connectivity index (χ0n) is 14.6. The Hall–Kier alpha value is -1.69. The molecule has 2 saturated carbocycles. The molecule has 2 saturated heterocycles. The maximum atomic E-state index is 12.9. The predicted molar refractivity (Wildman–Crippen MR) is 93.3 cm³/mol. The van der Waals surface area contributed by atoms with Crippen molar-refractivity contribution in [3.63, 3.8) is 0 Å². The van der Waals surface area contributed by atoms with E-state index in [4.69, 9.17) is 4.74 Å². The number of nitrogens with one attached hydrogen (secondary N) is 1. The Kier molecular flexibility index (Phi) is 3.69. The van der Waals surface area contributed by atoms with E-state index >= 15 is 0 Å². The van der Waals surface area contributed by atoms with Gasteiger partial charge in [0, 0.05) is 31.7 Å². The average Bonchev–Trinajstić information content (AvgIpc) is 3.29. The van der Waals surface area contributed by atoms with E-state index in [1.165, 1.54) is 25.7 Å². The van der Waals surface area contributed by atoms with Crippen LogP contribution in [0, 0.1) is 11.3 Å². The maximum Gasteiger partial charge on any atom is 0.323 e. The predicted octanol–water partition coefficient (Wildman–Crippen LogP) is 3.17. The van der Waals surface area contributed by atoms with Crippen molar-refractivity contribution >= 4 is 11.8 Å². The standard InChI is InChI=1S/C19H26N4O2/c24-18(20-17-7-6-15(21-22-17)13-4-5-13)23-12-19(8-10-25-11-9-19)14-2-1-3-16(14)23/h6-7,13-14,16H,1-5,8-12H2,(H,20,22,24)/t14-,16+/m1/s1. The smallest absolute Gasteiger partial charge is 0.323 e. The number of hydrogen-bond acceptors (Lipinski definition) is 4. The van der Waals surface area contributed by atoms with Gasteiger partial charge in [0.1, 0.15) is 0 Å². The molecule has 2 atom stereocenters. The quantitative estimate of drug-likeness (QED) is 0.896. The van der Waals surface area contributed by atoms with Crippen molar-refractivity contribution in [1.29, 1.82) is 0 Å². The lowest BCUT2D eigenvalue weighted by Gasteiger charge is -2.37. The first-order valence-corrected chi connectivity index (χ1v) is 9.74. The first-order valence-electron chi connectivity index (χ1n) is 9.74. The minimum Gasteiger partial charge on any atom is -0.381 e. The first kappa shape index (κ1) is 15.6. The molecule has 5 rings (SSSR count). The highest BCUT2D eigenvalue weighted by molar-refractivity contribution is 5.88. The summed E-state index contributed by atoms with van der Waals surface area (Å²) in [5.74, 6) is 1.80. The molecule has 0 aromatic carbocycles. The van der Waals surface area contributed by atoms with Crippen LogP contribution in [-0.2, 0) is 4.74 Å². The second-order valence-electron chi connectivity index (χ2n) is 8.26. The van der Waals surface area contributed by atoms with Crippen LogP contribution >= 0.6 is 0 Å². The van der Waals surface area contributed by atoms with Gasteiger partial charge in [-0.25, -0.2) is 4.79 Å².